The van der Waals surface area contributed by atoms with Gasteiger partial charge in [-0.05, 0) is 40.2 Å². The molecule has 0 saturated heterocycles. The monoisotopic (exact) mass is 290 g/mol. The zero-order chi connectivity index (χ0) is 12.1. The molecule has 0 aliphatic carbocycles. The lowest BCUT2D eigenvalue weighted by molar-refractivity contribution is 0.615. The second kappa shape index (κ2) is 5.94. The number of hydrogen-bond donors (Lipinski definition) is 1. The molecule has 0 saturated carbocycles. The van der Waals surface area contributed by atoms with Gasteiger partial charge >= 0.3 is 0 Å². The summed E-state index contributed by atoms with van der Waals surface area (Å²) in [4.78, 5) is 4.46. The average Bonchev–Trinajstić information content (AvgIpc) is 2.38. The van der Waals surface area contributed by atoms with Gasteiger partial charge < -0.3 is 5.32 Å². The van der Waals surface area contributed by atoms with Gasteiger partial charge in [0.15, 0.2) is 0 Å². The molecule has 17 heavy (non-hydrogen) atoms. The number of hydrogen-bond acceptors (Lipinski definition) is 2. The number of rotatable bonds is 4. The summed E-state index contributed by atoms with van der Waals surface area (Å²) < 4.78 is 1.00. The zero-order valence-electron chi connectivity index (χ0n) is 9.73. The van der Waals surface area contributed by atoms with E-state index in [-0.39, 0.29) is 6.04 Å². The molecule has 0 aliphatic heterocycles. The van der Waals surface area contributed by atoms with E-state index in [1.165, 1.54) is 5.56 Å². The molecular formula is C14H15BrN2. The van der Waals surface area contributed by atoms with E-state index in [2.05, 4.69) is 57.4 Å². The molecule has 2 nitrogen and oxygen atoms in total. The summed E-state index contributed by atoms with van der Waals surface area (Å²) in [5.41, 5.74) is 2.28. The van der Waals surface area contributed by atoms with Crippen LogP contribution in [0.15, 0.2) is 53.1 Å². The summed E-state index contributed by atoms with van der Waals surface area (Å²) in [6, 6.07) is 14.6. The minimum absolute atomic E-state index is 0.161. The Bertz CT molecular complexity index is 453. The highest BCUT2D eigenvalue weighted by Gasteiger charge is 2.13. The van der Waals surface area contributed by atoms with Gasteiger partial charge in [0, 0.05) is 10.7 Å². The van der Waals surface area contributed by atoms with Gasteiger partial charge in [0.25, 0.3) is 0 Å². The lowest BCUT2D eigenvalue weighted by Gasteiger charge is -2.17. The fourth-order valence-electron chi connectivity index (χ4n) is 1.80. The molecular weight excluding hydrogens is 276 g/mol. The predicted octanol–water partition coefficient (Wildman–Crippen LogP) is 3.54. The Morgan fingerprint density at radius 3 is 2.53 bits per heavy atom. The molecule has 88 valence electrons. The quantitative estimate of drug-likeness (QED) is 0.932. The summed E-state index contributed by atoms with van der Waals surface area (Å²) >= 11 is 3.41. The lowest BCUT2D eigenvalue weighted by Crippen LogP contribution is -2.22. The fraction of sp³-hybridized carbons (Fsp3) is 0.214. The van der Waals surface area contributed by atoms with E-state index >= 15 is 0 Å². The maximum Gasteiger partial charge on any atom is 0.0751 e. The van der Waals surface area contributed by atoms with Crippen LogP contribution in [0.3, 0.4) is 0 Å². The highest BCUT2D eigenvalue weighted by atomic mass is 79.9. The maximum atomic E-state index is 4.46. The highest BCUT2D eigenvalue weighted by molar-refractivity contribution is 9.10. The van der Waals surface area contributed by atoms with Crippen LogP contribution < -0.4 is 5.32 Å². The average molecular weight is 291 g/mol. The summed E-state index contributed by atoms with van der Waals surface area (Å²) in [5, 5.41) is 3.46. The second-order valence-corrected chi connectivity index (χ2v) is 4.72. The summed E-state index contributed by atoms with van der Waals surface area (Å²) in [6.07, 6.45) is 1.84. The third-order valence-corrected chi connectivity index (χ3v) is 3.06. The van der Waals surface area contributed by atoms with Crippen LogP contribution in [-0.4, -0.2) is 11.5 Å². The molecule has 3 heteroatoms. The number of nitrogens with one attached hydrogen (secondary N) is 1. The molecule has 0 radical (unpaired) electrons. The number of pyridine rings is 1. The molecule has 1 heterocycles. The molecule has 1 aromatic carbocycles. The summed E-state index contributed by atoms with van der Waals surface area (Å²) in [7, 11) is 0. The summed E-state index contributed by atoms with van der Waals surface area (Å²) in [6.45, 7) is 3.02. The molecule has 0 aliphatic rings. The number of aromatic nitrogens is 1. The van der Waals surface area contributed by atoms with E-state index < -0.39 is 0 Å². The van der Waals surface area contributed by atoms with Crippen molar-refractivity contribution in [1.82, 2.24) is 10.3 Å². The van der Waals surface area contributed by atoms with Crippen molar-refractivity contribution in [2.75, 3.05) is 6.54 Å². The highest BCUT2D eigenvalue weighted by Crippen LogP contribution is 2.21. The van der Waals surface area contributed by atoms with Gasteiger partial charge in [-0.15, -0.1) is 0 Å². The number of benzene rings is 1. The van der Waals surface area contributed by atoms with Crippen molar-refractivity contribution in [3.05, 3.63) is 64.4 Å². The van der Waals surface area contributed by atoms with Crippen molar-refractivity contribution in [1.29, 1.82) is 0 Å². The molecule has 1 unspecified atom stereocenters. The molecule has 0 spiro atoms. The van der Waals surface area contributed by atoms with E-state index in [9.17, 15) is 0 Å². The summed E-state index contributed by atoms with van der Waals surface area (Å²) in [5.74, 6) is 0. The first-order chi connectivity index (χ1) is 8.31. The van der Waals surface area contributed by atoms with Gasteiger partial charge in [-0.2, -0.15) is 0 Å². The molecule has 0 amide bonds. The van der Waals surface area contributed by atoms with Crippen molar-refractivity contribution in [3.8, 4) is 0 Å². The van der Waals surface area contributed by atoms with Gasteiger partial charge in [0.1, 0.15) is 0 Å². The SMILES string of the molecule is CCNC(c1ccccc1)c1ccc(Br)cn1. The Labute approximate surface area is 110 Å². The van der Waals surface area contributed by atoms with Gasteiger partial charge in [-0.25, -0.2) is 0 Å². The first-order valence-electron chi connectivity index (χ1n) is 5.71. The van der Waals surface area contributed by atoms with Crippen LogP contribution in [0.5, 0.6) is 0 Å². The topological polar surface area (TPSA) is 24.9 Å². The third kappa shape index (κ3) is 3.14. The molecule has 2 aromatic rings. The largest absolute Gasteiger partial charge is 0.305 e. The molecule has 1 aromatic heterocycles. The molecule has 0 bridgehead atoms. The maximum absolute atomic E-state index is 4.46. The van der Waals surface area contributed by atoms with Crippen molar-refractivity contribution in [2.45, 2.75) is 13.0 Å². The first-order valence-corrected chi connectivity index (χ1v) is 6.50. The first kappa shape index (κ1) is 12.3. The van der Waals surface area contributed by atoms with Gasteiger partial charge in [-0.1, -0.05) is 37.3 Å². The number of halogens is 1. The standard InChI is InChI=1S/C14H15BrN2/c1-2-16-14(11-6-4-3-5-7-11)13-9-8-12(15)10-17-13/h3-10,14,16H,2H2,1H3. The second-order valence-electron chi connectivity index (χ2n) is 3.80. The Kier molecular flexibility index (Phi) is 4.29. The van der Waals surface area contributed by atoms with E-state index in [1.807, 2.05) is 24.4 Å². The van der Waals surface area contributed by atoms with Gasteiger partial charge in [-0.3, -0.25) is 4.98 Å². The van der Waals surface area contributed by atoms with Gasteiger partial charge in [0.05, 0.1) is 11.7 Å². The van der Waals surface area contributed by atoms with Crippen LogP contribution in [0.4, 0.5) is 0 Å². The van der Waals surface area contributed by atoms with Crippen molar-refractivity contribution in [3.63, 3.8) is 0 Å². The fourth-order valence-corrected chi connectivity index (χ4v) is 2.04. The smallest absolute Gasteiger partial charge is 0.0751 e. The van der Waals surface area contributed by atoms with Crippen LogP contribution in [0, 0.1) is 0 Å². The van der Waals surface area contributed by atoms with Crippen molar-refractivity contribution in [2.24, 2.45) is 0 Å². The van der Waals surface area contributed by atoms with E-state index in [0.717, 1.165) is 16.7 Å². The Balaban J connectivity index is 2.32. The lowest BCUT2D eigenvalue weighted by atomic mass is 10.0. The minimum atomic E-state index is 0.161. The molecule has 0 fully saturated rings. The number of nitrogens with zero attached hydrogens (tertiary/aromatic N) is 1. The van der Waals surface area contributed by atoms with Crippen LogP contribution >= 0.6 is 15.9 Å². The molecule has 1 atom stereocenters. The Hall–Kier alpha value is -1.19. The predicted molar refractivity (Wildman–Crippen MR) is 73.9 cm³/mol. The van der Waals surface area contributed by atoms with Crippen LogP contribution in [0.25, 0.3) is 0 Å². The van der Waals surface area contributed by atoms with E-state index in [0.29, 0.717) is 0 Å². The molecule has 2 rings (SSSR count). The van der Waals surface area contributed by atoms with Crippen molar-refractivity contribution < 1.29 is 0 Å². The van der Waals surface area contributed by atoms with E-state index in [1.54, 1.807) is 0 Å². The molecule has 1 N–H and O–H groups in total. The zero-order valence-corrected chi connectivity index (χ0v) is 11.3. The Morgan fingerprint density at radius 2 is 1.94 bits per heavy atom. The van der Waals surface area contributed by atoms with Crippen LogP contribution in [0.2, 0.25) is 0 Å². The normalized spacial score (nSPS) is 12.4. The van der Waals surface area contributed by atoms with Crippen LogP contribution in [0.1, 0.15) is 24.2 Å². The third-order valence-electron chi connectivity index (χ3n) is 2.59. The van der Waals surface area contributed by atoms with Crippen molar-refractivity contribution >= 4 is 15.9 Å². The van der Waals surface area contributed by atoms with Crippen LogP contribution in [-0.2, 0) is 0 Å². The minimum Gasteiger partial charge on any atom is -0.305 e. The van der Waals surface area contributed by atoms with Gasteiger partial charge in [0.2, 0.25) is 0 Å². The van der Waals surface area contributed by atoms with E-state index in [4.69, 9.17) is 0 Å². The Morgan fingerprint density at radius 1 is 1.18 bits per heavy atom.